The second-order valence-electron chi connectivity index (χ2n) is 5.46. The molecule has 0 fully saturated rings. The van der Waals surface area contributed by atoms with Gasteiger partial charge in [-0.1, -0.05) is 17.7 Å². The molecular formula is C16H25IN6. The minimum Gasteiger partial charge on any atom is -0.352 e. The zero-order chi connectivity index (χ0) is 16.1. The van der Waals surface area contributed by atoms with Gasteiger partial charge in [0, 0.05) is 20.6 Å². The van der Waals surface area contributed by atoms with Crippen LogP contribution >= 0.6 is 24.0 Å². The Morgan fingerprint density at radius 2 is 1.74 bits per heavy atom. The first kappa shape index (κ1) is 19.4. The number of nitrogens with zero attached hydrogens (tertiary/aromatic N) is 4. The van der Waals surface area contributed by atoms with Crippen molar-refractivity contribution < 1.29 is 0 Å². The zero-order valence-corrected chi connectivity index (χ0v) is 16.7. The fourth-order valence-corrected chi connectivity index (χ4v) is 2.52. The Morgan fingerprint density at radius 1 is 1.13 bits per heavy atom. The van der Waals surface area contributed by atoms with Gasteiger partial charge in [-0.15, -0.1) is 24.0 Å². The monoisotopic (exact) mass is 428 g/mol. The molecule has 2 N–H and O–H groups in total. The highest BCUT2D eigenvalue weighted by molar-refractivity contribution is 14.0. The molecular weight excluding hydrogens is 403 g/mol. The van der Waals surface area contributed by atoms with Crippen LogP contribution in [-0.2, 0) is 20.1 Å². The van der Waals surface area contributed by atoms with Crippen molar-refractivity contribution in [2.24, 2.45) is 12.0 Å². The minimum atomic E-state index is 0. The highest BCUT2D eigenvalue weighted by atomic mass is 127. The van der Waals surface area contributed by atoms with Crippen molar-refractivity contribution in [3.05, 3.63) is 46.5 Å². The Hall–Kier alpha value is -1.64. The fraction of sp³-hybridized carbons (Fsp3) is 0.438. The Labute approximate surface area is 154 Å². The Kier molecular flexibility index (Phi) is 7.47. The standard InChI is InChI=1S/C16H24N6.HI/c1-11-6-12(2)14(13(3)7-11)8-18-16(17-4)19-9-15-20-10-21-22(15)5;/h6-7,10H,8-9H2,1-5H3,(H2,17,18,19);1H. The molecule has 0 saturated carbocycles. The number of aromatic nitrogens is 3. The van der Waals surface area contributed by atoms with E-state index in [0.29, 0.717) is 6.54 Å². The smallest absolute Gasteiger partial charge is 0.191 e. The van der Waals surface area contributed by atoms with Gasteiger partial charge in [0.25, 0.3) is 0 Å². The number of hydrogen-bond acceptors (Lipinski definition) is 3. The van der Waals surface area contributed by atoms with Crippen molar-refractivity contribution in [3.63, 3.8) is 0 Å². The number of rotatable bonds is 4. The Balaban J connectivity index is 0.00000264. The van der Waals surface area contributed by atoms with Crippen LogP contribution in [0.5, 0.6) is 0 Å². The van der Waals surface area contributed by atoms with Crippen LogP contribution in [0.4, 0.5) is 0 Å². The number of benzene rings is 1. The van der Waals surface area contributed by atoms with Gasteiger partial charge in [0.05, 0.1) is 6.54 Å². The maximum Gasteiger partial charge on any atom is 0.191 e. The van der Waals surface area contributed by atoms with Crippen LogP contribution in [0.15, 0.2) is 23.5 Å². The summed E-state index contributed by atoms with van der Waals surface area (Å²) >= 11 is 0. The highest BCUT2D eigenvalue weighted by Gasteiger charge is 2.06. The van der Waals surface area contributed by atoms with E-state index in [2.05, 4.69) is 58.6 Å². The molecule has 6 nitrogen and oxygen atoms in total. The molecule has 0 atom stereocenters. The summed E-state index contributed by atoms with van der Waals surface area (Å²) in [5, 5.41) is 10.6. The first-order valence-electron chi connectivity index (χ1n) is 7.35. The number of halogens is 1. The molecule has 7 heteroatoms. The number of hydrogen-bond donors (Lipinski definition) is 2. The predicted molar refractivity (Wildman–Crippen MR) is 104 cm³/mol. The molecule has 126 valence electrons. The molecule has 0 unspecified atom stereocenters. The molecule has 2 aromatic rings. The largest absolute Gasteiger partial charge is 0.352 e. The zero-order valence-electron chi connectivity index (χ0n) is 14.3. The van der Waals surface area contributed by atoms with E-state index in [9.17, 15) is 0 Å². The normalized spacial score (nSPS) is 11.1. The SMILES string of the molecule is CN=C(NCc1c(C)cc(C)cc1C)NCc1ncnn1C.I. The van der Waals surface area contributed by atoms with E-state index in [1.54, 1.807) is 18.1 Å². The molecule has 0 aliphatic rings. The van der Waals surface area contributed by atoms with Crippen molar-refractivity contribution in [2.45, 2.75) is 33.9 Å². The quantitative estimate of drug-likeness (QED) is 0.445. The van der Waals surface area contributed by atoms with E-state index >= 15 is 0 Å². The van der Waals surface area contributed by atoms with Crippen LogP contribution in [0.2, 0.25) is 0 Å². The molecule has 1 aromatic carbocycles. The molecule has 1 heterocycles. The van der Waals surface area contributed by atoms with Crippen LogP contribution in [0.3, 0.4) is 0 Å². The molecule has 0 amide bonds. The van der Waals surface area contributed by atoms with Crippen molar-refractivity contribution in [2.75, 3.05) is 7.05 Å². The van der Waals surface area contributed by atoms with Gasteiger partial charge in [0.1, 0.15) is 12.2 Å². The summed E-state index contributed by atoms with van der Waals surface area (Å²) in [7, 11) is 3.64. The molecule has 0 aliphatic carbocycles. The summed E-state index contributed by atoms with van der Waals surface area (Å²) < 4.78 is 1.74. The van der Waals surface area contributed by atoms with E-state index in [0.717, 1.165) is 18.3 Å². The lowest BCUT2D eigenvalue weighted by atomic mass is 10.00. The first-order chi connectivity index (χ1) is 10.5. The van der Waals surface area contributed by atoms with Gasteiger partial charge < -0.3 is 10.6 Å². The minimum absolute atomic E-state index is 0. The summed E-state index contributed by atoms with van der Waals surface area (Å²) in [6.45, 7) is 7.75. The highest BCUT2D eigenvalue weighted by Crippen LogP contribution is 2.15. The van der Waals surface area contributed by atoms with Gasteiger partial charge >= 0.3 is 0 Å². The van der Waals surface area contributed by atoms with Crippen molar-refractivity contribution in [1.82, 2.24) is 25.4 Å². The Morgan fingerprint density at radius 3 is 2.26 bits per heavy atom. The van der Waals surface area contributed by atoms with Crippen molar-refractivity contribution in [3.8, 4) is 0 Å². The fourth-order valence-electron chi connectivity index (χ4n) is 2.52. The second kappa shape index (κ2) is 8.85. The van der Waals surface area contributed by atoms with Crippen LogP contribution in [0.25, 0.3) is 0 Å². The molecule has 1 aromatic heterocycles. The van der Waals surface area contributed by atoms with Crippen LogP contribution in [0.1, 0.15) is 28.1 Å². The molecule has 0 bridgehead atoms. The van der Waals surface area contributed by atoms with Gasteiger partial charge in [-0.3, -0.25) is 9.67 Å². The third kappa shape index (κ3) is 5.19. The number of guanidine groups is 1. The second-order valence-corrected chi connectivity index (χ2v) is 5.46. The van der Waals surface area contributed by atoms with E-state index in [-0.39, 0.29) is 24.0 Å². The summed E-state index contributed by atoms with van der Waals surface area (Å²) in [4.78, 5) is 8.43. The summed E-state index contributed by atoms with van der Waals surface area (Å²) in [6.07, 6.45) is 1.55. The van der Waals surface area contributed by atoms with Crippen molar-refractivity contribution in [1.29, 1.82) is 0 Å². The first-order valence-corrected chi connectivity index (χ1v) is 7.35. The topological polar surface area (TPSA) is 67.1 Å². The van der Waals surface area contributed by atoms with E-state index in [4.69, 9.17) is 0 Å². The predicted octanol–water partition coefficient (Wildman–Crippen LogP) is 2.22. The lowest BCUT2D eigenvalue weighted by Gasteiger charge is -2.15. The van der Waals surface area contributed by atoms with E-state index < -0.39 is 0 Å². The summed E-state index contributed by atoms with van der Waals surface area (Å²) in [5.74, 6) is 1.62. The third-order valence-corrected chi connectivity index (χ3v) is 3.72. The molecule has 23 heavy (non-hydrogen) atoms. The summed E-state index contributed by atoms with van der Waals surface area (Å²) in [6, 6.07) is 4.42. The average Bonchev–Trinajstić information content (AvgIpc) is 2.86. The molecule has 2 rings (SSSR count). The number of aryl methyl sites for hydroxylation is 4. The van der Waals surface area contributed by atoms with Gasteiger partial charge in [0.15, 0.2) is 5.96 Å². The van der Waals surface area contributed by atoms with Gasteiger partial charge in [-0.05, 0) is 37.5 Å². The third-order valence-electron chi connectivity index (χ3n) is 3.72. The Bertz CT molecular complexity index is 654. The van der Waals surface area contributed by atoms with Gasteiger partial charge in [-0.25, -0.2) is 4.98 Å². The molecule has 0 spiro atoms. The maximum atomic E-state index is 4.25. The van der Waals surface area contributed by atoms with Gasteiger partial charge in [-0.2, -0.15) is 5.10 Å². The molecule has 0 radical (unpaired) electrons. The number of aliphatic imine (C=N–C) groups is 1. The average molecular weight is 428 g/mol. The van der Waals surface area contributed by atoms with Gasteiger partial charge in [0.2, 0.25) is 0 Å². The van der Waals surface area contributed by atoms with E-state index in [1.807, 2.05) is 7.05 Å². The van der Waals surface area contributed by atoms with E-state index in [1.165, 1.54) is 22.3 Å². The lowest BCUT2D eigenvalue weighted by molar-refractivity contribution is 0.672. The maximum absolute atomic E-state index is 4.25. The molecule has 0 aliphatic heterocycles. The van der Waals surface area contributed by atoms with Crippen molar-refractivity contribution >= 4 is 29.9 Å². The number of nitrogens with one attached hydrogen (secondary N) is 2. The molecule has 0 saturated heterocycles. The lowest BCUT2D eigenvalue weighted by Crippen LogP contribution is -2.37. The van der Waals surface area contributed by atoms with Crippen LogP contribution in [0, 0.1) is 20.8 Å². The summed E-state index contributed by atoms with van der Waals surface area (Å²) in [5.41, 5.74) is 5.21. The van der Waals surface area contributed by atoms with Crippen LogP contribution in [-0.4, -0.2) is 27.8 Å². The van der Waals surface area contributed by atoms with Crippen LogP contribution < -0.4 is 10.6 Å².